The molecule has 2 rings (SSSR count). The average Bonchev–Trinajstić information content (AvgIpc) is 2.85. The molecule has 0 bridgehead atoms. The van der Waals surface area contributed by atoms with Crippen molar-refractivity contribution in [2.24, 2.45) is 5.41 Å². The summed E-state index contributed by atoms with van der Waals surface area (Å²) in [4.78, 5) is 28.8. The van der Waals surface area contributed by atoms with E-state index in [9.17, 15) is 9.59 Å². The highest BCUT2D eigenvalue weighted by molar-refractivity contribution is 7.17. The number of aryl methyl sites for hydroxylation is 1. The highest BCUT2D eigenvalue weighted by atomic mass is 35.5. The van der Waals surface area contributed by atoms with Crippen molar-refractivity contribution in [3.8, 4) is 10.6 Å². The van der Waals surface area contributed by atoms with Gasteiger partial charge in [-0.25, -0.2) is 9.78 Å². The quantitative estimate of drug-likeness (QED) is 0.758. The van der Waals surface area contributed by atoms with Crippen molar-refractivity contribution in [2.45, 2.75) is 27.7 Å². The summed E-state index contributed by atoms with van der Waals surface area (Å²) in [5.41, 5.74) is 0.892. The first kappa shape index (κ1) is 17.6. The van der Waals surface area contributed by atoms with Crippen molar-refractivity contribution in [1.82, 2.24) is 4.98 Å². The molecule has 0 aliphatic rings. The van der Waals surface area contributed by atoms with Crippen LogP contribution in [0, 0.1) is 12.3 Å². The summed E-state index contributed by atoms with van der Waals surface area (Å²) in [6, 6.07) is 7.27. The van der Waals surface area contributed by atoms with E-state index in [4.69, 9.17) is 16.3 Å². The molecule has 0 amide bonds. The highest BCUT2D eigenvalue weighted by Crippen LogP contribution is 2.30. The molecular formula is C17H18ClNO3S. The van der Waals surface area contributed by atoms with E-state index in [-0.39, 0.29) is 12.4 Å². The average molecular weight is 352 g/mol. The Labute approximate surface area is 144 Å². The first-order valence-corrected chi connectivity index (χ1v) is 8.31. The van der Waals surface area contributed by atoms with Gasteiger partial charge < -0.3 is 4.74 Å². The van der Waals surface area contributed by atoms with Crippen molar-refractivity contribution in [1.29, 1.82) is 0 Å². The van der Waals surface area contributed by atoms with Crippen LogP contribution in [0.25, 0.3) is 10.6 Å². The third-order valence-electron chi connectivity index (χ3n) is 3.22. The van der Waals surface area contributed by atoms with Crippen LogP contribution in [0.15, 0.2) is 24.3 Å². The van der Waals surface area contributed by atoms with E-state index in [0.717, 1.165) is 5.56 Å². The number of carbonyl (C=O) groups excluding carboxylic acids is 2. The molecule has 23 heavy (non-hydrogen) atoms. The Morgan fingerprint density at radius 3 is 2.61 bits per heavy atom. The smallest absolute Gasteiger partial charge is 0.350 e. The van der Waals surface area contributed by atoms with Gasteiger partial charge in [0.2, 0.25) is 0 Å². The summed E-state index contributed by atoms with van der Waals surface area (Å²) in [5.74, 6) is -0.644. The molecule has 0 aliphatic carbocycles. The number of hydrogen-bond donors (Lipinski definition) is 0. The van der Waals surface area contributed by atoms with Crippen molar-refractivity contribution >= 4 is 34.7 Å². The minimum absolute atomic E-state index is 0.122. The van der Waals surface area contributed by atoms with Gasteiger partial charge in [-0.1, -0.05) is 44.5 Å². The van der Waals surface area contributed by atoms with E-state index in [1.54, 1.807) is 39.8 Å². The maximum absolute atomic E-state index is 12.2. The monoisotopic (exact) mass is 351 g/mol. The van der Waals surface area contributed by atoms with Gasteiger partial charge >= 0.3 is 5.97 Å². The van der Waals surface area contributed by atoms with Crippen LogP contribution in [-0.2, 0) is 9.53 Å². The molecule has 6 heteroatoms. The largest absolute Gasteiger partial charge is 0.453 e. The normalized spacial score (nSPS) is 11.3. The standard InChI is InChI=1S/C17H18ClNO3S/c1-10-14(16(21)22-9-13(20)17(2,3)4)23-15(19-10)11-6-5-7-12(18)8-11/h5-8H,9H2,1-4H3. The van der Waals surface area contributed by atoms with E-state index < -0.39 is 11.4 Å². The lowest BCUT2D eigenvalue weighted by atomic mass is 9.91. The Kier molecular flexibility index (Phi) is 5.22. The zero-order chi connectivity index (χ0) is 17.2. The number of aromatic nitrogens is 1. The van der Waals surface area contributed by atoms with Gasteiger partial charge in [-0.15, -0.1) is 11.3 Å². The Hall–Kier alpha value is -1.72. The van der Waals surface area contributed by atoms with Gasteiger partial charge in [0.15, 0.2) is 12.4 Å². The lowest BCUT2D eigenvalue weighted by Gasteiger charge is -2.15. The molecule has 2 aromatic rings. The fourth-order valence-corrected chi connectivity index (χ4v) is 2.89. The van der Waals surface area contributed by atoms with Gasteiger partial charge in [0.05, 0.1) is 5.69 Å². The molecule has 0 saturated heterocycles. The number of carbonyl (C=O) groups is 2. The molecule has 1 heterocycles. The SMILES string of the molecule is Cc1nc(-c2cccc(Cl)c2)sc1C(=O)OCC(=O)C(C)(C)C. The number of halogens is 1. The minimum atomic E-state index is -0.533. The Morgan fingerprint density at radius 1 is 1.30 bits per heavy atom. The number of Topliss-reactive ketones (excluding diaryl/α,β-unsaturated/α-hetero) is 1. The van der Waals surface area contributed by atoms with Gasteiger partial charge in [0, 0.05) is 16.0 Å². The molecule has 122 valence electrons. The number of ether oxygens (including phenoxy) is 1. The van der Waals surface area contributed by atoms with Crippen molar-refractivity contribution in [2.75, 3.05) is 6.61 Å². The number of esters is 1. The number of benzene rings is 1. The highest BCUT2D eigenvalue weighted by Gasteiger charge is 2.24. The number of rotatable bonds is 4. The molecule has 0 spiro atoms. The van der Waals surface area contributed by atoms with Crippen LogP contribution >= 0.6 is 22.9 Å². The van der Waals surface area contributed by atoms with Crippen molar-refractivity contribution in [3.63, 3.8) is 0 Å². The van der Waals surface area contributed by atoms with Gasteiger partial charge in [-0.2, -0.15) is 0 Å². The molecule has 0 fully saturated rings. The van der Waals surface area contributed by atoms with E-state index in [2.05, 4.69) is 4.98 Å². The minimum Gasteiger partial charge on any atom is -0.453 e. The van der Waals surface area contributed by atoms with Crippen molar-refractivity contribution in [3.05, 3.63) is 39.9 Å². The van der Waals surface area contributed by atoms with Crippen LogP contribution in [0.3, 0.4) is 0 Å². The topological polar surface area (TPSA) is 56.3 Å². The van der Waals surface area contributed by atoms with Gasteiger partial charge in [0.25, 0.3) is 0 Å². The lowest BCUT2D eigenvalue weighted by molar-refractivity contribution is -0.129. The Balaban J connectivity index is 2.15. The Morgan fingerprint density at radius 2 is 2.00 bits per heavy atom. The molecule has 0 saturated carbocycles. The molecule has 0 N–H and O–H groups in total. The summed E-state index contributed by atoms with van der Waals surface area (Å²) in [6.45, 7) is 6.88. The van der Waals surface area contributed by atoms with Crippen LogP contribution in [0.5, 0.6) is 0 Å². The van der Waals surface area contributed by atoms with Crippen LogP contribution in [0.2, 0.25) is 5.02 Å². The number of ketones is 1. The van der Waals surface area contributed by atoms with Gasteiger partial charge in [0.1, 0.15) is 9.88 Å². The predicted octanol–water partition coefficient (Wildman–Crippen LogP) is 4.54. The summed E-state index contributed by atoms with van der Waals surface area (Å²) in [5, 5.41) is 1.30. The molecule has 4 nitrogen and oxygen atoms in total. The molecule has 0 radical (unpaired) electrons. The predicted molar refractivity (Wildman–Crippen MR) is 92.0 cm³/mol. The Bertz CT molecular complexity index is 747. The van der Waals surface area contributed by atoms with Crippen LogP contribution in [-0.4, -0.2) is 23.3 Å². The first-order valence-electron chi connectivity index (χ1n) is 7.12. The second kappa shape index (κ2) is 6.81. The molecular weight excluding hydrogens is 334 g/mol. The molecule has 1 aromatic carbocycles. The van der Waals surface area contributed by atoms with Gasteiger partial charge in [-0.3, -0.25) is 4.79 Å². The third-order valence-corrected chi connectivity index (χ3v) is 4.65. The van der Waals surface area contributed by atoms with Crippen LogP contribution in [0.4, 0.5) is 0 Å². The van der Waals surface area contributed by atoms with Crippen LogP contribution < -0.4 is 0 Å². The van der Waals surface area contributed by atoms with Crippen molar-refractivity contribution < 1.29 is 14.3 Å². The lowest BCUT2D eigenvalue weighted by Crippen LogP contribution is -2.26. The van der Waals surface area contributed by atoms with E-state index in [0.29, 0.717) is 20.6 Å². The molecule has 1 aromatic heterocycles. The zero-order valence-electron chi connectivity index (χ0n) is 13.5. The number of nitrogens with zero attached hydrogens (tertiary/aromatic N) is 1. The molecule has 0 atom stereocenters. The molecule has 0 unspecified atom stereocenters. The summed E-state index contributed by atoms with van der Waals surface area (Å²) in [7, 11) is 0. The maximum atomic E-state index is 12.2. The fraction of sp³-hybridized carbons (Fsp3) is 0.353. The maximum Gasteiger partial charge on any atom is 0.350 e. The fourth-order valence-electron chi connectivity index (χ4n) is 1.74. The summed E-state index contributed by atoms with van der Waals surface area (Å²) >= 11 is 7.21. The third kappa shape index (κ3) is 4.39. The van der Waals surface area contributed by atoms with Gasteiger partial charge in [-0.05, 0) is 19.1 Å². The second-order valence-electron chi connectivity index (χ2n) is 6.19. The first-order chi connectivity index (χ1) is 10.7. The zero-order valence-corrected chi connectivity index (χ0v) is 15.0. The summed E-state index contributed by atoms with van der Waals surface area (Å²) < 4.78 is 5.13. The number of hydrogen-bond acceptors (Lipinski definition) is 5. The van der Waals surface area contributed by atoms with E-state index in [1.165, 1.54) is 11.3 Å². The van der Waals surface area contributed by atoms with Crippen LogP contribution in [0.1, 0.15) is 36.1 Å². The number of thiazole rings is 1. The summed E-state index contributed by atoms with van der Waals surface area (Å²) in [6.07, 6.45) is 0. The molecule has 0 aliphatic heterocycles. The van der Waals surface area contributed by atoms with E-state index >= 15 is 0 Å². The van der Waals surface area contributed by atoms with E-state index in [1.807, 2.05) is 12.1 Å². The second-order valence-corrected chi connectivity index (χ2v) is 7.63.